The molecule has 2 aromatic carbocycles. The largest absolute Gasteiger partial charge is 0.355 e. The third kappa shape index (κ3) is 4.75. The number of carbonyl (C=O) groups is 1. The van der Waals surface area contributed by atoms with Crippen LogP contribution in [-0.4, -0.2) is 22.8 Å². The van der Waals surface area contributed by atoms with Crippen LogP contribution in [0.2, 0.25) is 5.15 Å². The number of nitrogens with one attached hydrogen (secondary N) is 1. The van der Waals surface area contributed by atoms with Crippen LogP contribution in [0.3, 0.4) is 0 Å². The molecule has 7 heteroatoms. The Labute approximate surface area is 194 Å². The fourth-order valence-electron chi connectivity index (χ4n) is 4.16. The van der Waals surface area contributed by atoms with Crippen LogP contribution in [0.15, 0.2) is 59.2 Å². The second-order valence-electron chi connectivity index (χ2n) is 7.77. The minimum atomic E-state index is -0.246. The van der Waals surface area contributed by atoms with Crippen molar-refractivity contribution < 1.29 is 9.18 Å². The van der Waals surface area contributed by atoms with Gasteiger partial charge in [0.05, 0.1) is 11.7 Å². The van der Waals surface area contributed by atoms with Crippen LogP contribution in [-0.2, 0) is 4.79 Å². The summed E-state index contributed by atoms with van der Waals surface area (Å²) in [6, 6.07) is 14.4. The Balaban J connectivity index is 1.71. The third-order valence-corrected chi connectivity index (χ3v) is 6.79. The minimum Gasteiger partial charge on any atom is -0.355 e. The second-order valence-corrected chi connectivity index (χ2v) is 9.04. The zero-order chi connectivity index (χ0) is 22.0. The number of likely N-dealkylation sites (tertiary alicyclic amines) is 1. The summed E-state index contributed by atoms with van der Waals surface area (Å²) >= 11 is 9.81. The molecule has 3 aromatic rings. The van der Waals surface area contributed by atoms with E-state index in [9.17, 15) is 9.18 Å². The quantitative estimate of drug-likeness (QED) is 0.309. The predicted molar refractivity (Wildman–Crippen MR) is 125 cm³/mol. The molecular formula is C24H22BrClFN3O. The number of amides is 1. The molecule has 1 fully saturated rings. The number of hydrogen-bond acceptors (Lipinski definition) is 3. The molecule has 0 bridgehead atoms. The van der Waals surface area contributed by atoms with Crippen LogP contribution in [0.1, 0.15) is 41.5 Å². The Morgan fingerprint density at radius 1 is 1.19 bits per heavy atom. The fraction of sp³-hybridized carbons (Fsp3) is 0.250. The molecule has 31 heavy (non-hydrogen) atoms. The van der Waals surface area contributed by atoms with Gasteiger partial charge in [-0.15, -0.1) is 0 Å². The van der Waals surface area contributed by atoms with Crippen LogP contribution >= 0.6 is 27.5 Å². The summed E-state index contributed by atoms with van der Waals surface area (Å²) in [6.07, 6.45) is 4.21. The van der Waals surface area contributed by atoms with E-state index in [0.29, 0.717) is 11.7 Å². The summed E-state index contributed by atoms with van der Waals surface area (Å²) in [5, 5.41) is 3.90. The topological polar surface area (TPSA) is 45.2 Å². The number of benzene rings is 2. The van der Waals surface area contributed by atoms with Gasteiger partial charge in [0.1, 0.15) is 11.0 Å². The zero-order valence-corrected chi connectivity index (χ0v) is 19.3. The number of aromatic nitrogens is 1. The molecule has 4 nitrogen and oxygen atoms in total. The van der Waals surface area contributed by atoms with Crippen molar-refractivity contribution in [1.29, 1.82) is 0 Å². The maximum Gasteiger partial charge on any atom is 0.210 e. The van der Waals surface area contributed by atoms with E-state index in [1.165, 1.54) is 12.1 Å². The van der Waals surface area contributed by atoms with Gasteiger partial charge in [-0.25, -0.2) is 9.37 Å². The summed E-state index contributed by atoms with van der Waals surface area (Å²) in [5.74, 6) is -0.0255. The van der Waals surface area contributed by atoms with Crippen molar-refractivity contribution in [3.63, 3.8) is 0 Å². The first-order chi connectivity index (χ1) is 15.0. The summed E-state index contributed by atoms with van der Waals surface area (Å²) < 4.78 is 14.4. The Bertz CT molecular complexity index is 1080. The summed E-state index contributed by atoms with van der Waals surface area (Å²) in [6.45, 7) is 2.54. The summed E-state index contributed by atoms with van der Waals surface area (Å²) in [7, 11) is 0. The number of piperidine rings is 1. The predicted octanol–water partition coefficient (Wildman–Crippen LogP) is 6.77. The number of hydrogen-bond donors (Lipinski definition) is 1. The van der Waals surface area contributed by atoms with Gasteiger partial charge in [0.25, 0.3) is 0 Å². The van der Waals surface area contributed by atoms with E-state index in [2.05, 4.69) is 26.2 Å². The summed E-state index contributed by atoms with van der Waals surface area (Å²) in [5.41, 5.74) is 4.61. The molecular weight excluding hydrogens is 481 g/mol. The number of rotatable bonds is 5. The van der Waals surface area contributed by atoms with Gasteiger partial charge in [0, 0.05) is 34.0 Å². The number of anilines is 2. The molecule has 1 amide bonds. The normalized spacial score (nSPS) is 18.6. The lowest BCUT2D eigenvalue weighted by molar-refractivity contribution is -0.121. The van der Waals surface area contributed by atoms with Gasteiger partial charge in [-0.1, -0.05) is 39.7 Å². The number of nitrogens with zero attached hydrogens (tertiary/aromatic N) is 2. The first kappa shape index (κ1) is 21.8. The van der Waals surface area contributed by atoms with Gasteiger partial charge in [0.2, 0.25) is 6.41 Å². The molecule has 160 valence electrons. The van der Waals surface area contributed by atoms with Gasteiger partial charge in [-0.05, 0) is 67.6 Å². The van der Waals surface area contributed by atoms with Crippen molar-refractivity contribution >= 4 is 45.3 Å². The molecule has 2 unspecified atom stereocenters. The van der Waals surface area contributed by atoms with Gasteiger partial charge >= 0.3 is 0 Å². The third-order valence-electron chi connectivity index (χ3n) is 5.88. The SMILES string of the molecule is Cc1c(Cl)ncc(C2CC(c3ccc(F)cc3)CCN2C=O)c1Nc1ccc(Br)cc1. The first-order valence-electron chi connectivity index (χ1n) is 10.1. The molecule has 0 aliphatic carbocycles. The molecule has 2 atom stereocenters. The molecule has 1 N–H and O–H groups in total. The highest BCUT2D eigenvalue weighted by molar-refractivity contribution is 9.10. The molecule has 1 saturated heterocycles. The average Bonchev–Trinajstić information content (AvgIpc) is 2.78. The standard InChI is InChI=1S/C24H22BrClFN3O/c1-15-23(29-20-8-4-18(25)5-9-20)21(13-28-24(15)26)22-12-17(10-11-30(22)14-31)16-2-6-19(27)7-3-16/h2-9,13-14,17,22H,10-12H2,1H3,(H,28,29). The highest BCUT2D eigenvalue weighted by Gasteiger charge is 2.32. The average molecular weight is 503 g/mol. The Kier molecular flexibility index (Phi) is 6.58. The molecule has 1 aliphatic rings. The summed E-state index contributed by atoms with van der Waals surface area (Å²) in [4.78, 5) is 18.1. The molecule has 0 saturated carbocycles. The van der Waals surface area contributed by atoms with Gasteiger partial charge in [-0.3, -0.25) is 4.79 Å². The van der Waals surface area contributed by atoms with Crippen LogP contribution in [0, 0.1) is 12.7 Å². The van der Waals surface area contributed by atoms with Crippen LogP contribution in [0.4, 0.5) is 15.8 Å². The maximum atomic E-state index is 13.4. The van der Waals surface area contributed by atoms with Crippen molar-refractivity contribution in [3.05, 3.63) is 86.9 Å². The van der Waals surface area contributed by atoms with Crippen molar-refractivity contribution in [1.82, 2.24) is 9.88 Å². The Morgan fingerprint density at radius 3 is 2.58 bits per heavy atom. The van der Waals surface area contributed by atoms with Crippen molar-refractivity contribution in [3.8, 4) is 0 Å². The van der Waals surface area contributed by atoms with E-state index >= 15 is 0 Å². The van der Waals surface area contributed by atoms with Gasteiger partial charge < -0.3 is 10.2 Å². The van der Waals surface area contributed by atoms with Crippen LogP contribution < -0.4 is 5.32 Å². The smallest absolute Gasteiger partial charge is 0.210 e. The highest BCUT2D eigenvalue weighted by Crippen LogP contribution is 2.43. The lowest BCUT2D eigenvalue weighted by Gasteiger charge is -2.38. The van der Waals surface area contributed by atoms with Gasteiger partial charge in [0.15, 0.2) is 0 Å². The van der Waals surface area contributed by atoms with Crippen molar-refractivity contribution in [2.75, 3.05) is 11.9 Å². The Morgan fingerprint density at radius 2 is 1.90 bits per heavy atom. The van der Waals surface area contributed by atoms with E-state index < -0.39 is 0 Å². The molecule has 1 aliphatic heterocycles. The first-order valence-corrected chi connectivity index (χ1v) is 11.3. The van der Waals surface area contributed by atoms with Crippen LogP contribution in [0.25, 0.3) is 0 Å². The minimum absolute atomic E-state index is 0.164. The molecule has 2 heterocycles. The van der Waals surface area contributed by atoms with E-state index in [4.69, 9.17) is 11.6 Å². The zero-order valence-electron chi connectivity index (χ0n) is 17.0. The van der Waals surface area contributed by atoms with Gasteiger partial charge in [-0.2, -0.15) is 0 Å². The molecule has 0 spiro atoms. The second kappa shape index (κ2) is 9.37. The van der Waals surface area contributed by atoms with Crippen LogP contribution in [0.5, 0.6) is 0 Å². The highest BCUT2D eigenvalue weighted by atomic mass is 79.9. The Hall–Kier alpha value is -2.44. The molecule has 4 rings (SSSR count). The monoisotopic (exact) mass is 501 g/mol. The van der Waals surface area contributed by atoms with Crippen molar-refractivity contribution in [2.45, 2.75) is 31.7 Å². The van der Waals surface area contributed by atoms with E-state index in [-0.39, 0.29) is 17.8 Å². The van der Waals surface area contributed by atoms with Crippen molar-refractivity contribution in [2.24, 2.45) is 0 Å². The molecule has 0 radical (unpaired) electrons. The fourth-order valence-corrected chi connectivity index (χ4v) is 4.56. The van der Waals surface area contributed by atoms with E-state index in [1.54, 1.807) is 6.20 Å². The lowest BCUT2D eigenvalue weighted by Crippen LogP contribution is -2.35. The maximum absolute atomic E-state index is 13.4. The number of carbonyl (C=O) groups excluding carboxylic acids is 1. The number of pyridine rings is 1. The van der Waals surface area contributed by atoms with E-state index in [0.717, 1.165) is 51.8 Å². The lowest BCUT2D eigenvalue weighted by atomic mass is 9.82. The number of halogens is 3. The van der Waals surface area contributed by atoms with E-state index in [1.807, 2.05) is 48.2 Å². The molecule has 1 aromatic heterocycles.